The van der Waals surface area contributed by atoms with Crippen LogP contribution in [0.4, 0.5) is 0 Å². The highest BCUT2D eigenvalue weighted by Crippen LogP contribution is 2.38. The van der Waals surface area contributed by atoms with Crippen LogP contribution in [0.2, 0.25) is 0 Å². The van der Waals surface area contributed by atoms with Gasteiger partial charge < -0.3 is 27.9 Å². The number of carbonyl (C=O) groups excluding carboxylic acids is 2. The van der Waals surface area contributed by atoms with Gasteiger partial charge in [0.05, 0.1) is 27.7 Å². The van der Waals surface area contributed by atoms with Gasteiger partial charge in [-0.3, -0.25) is 14.2 Å². The van der Waals surface area contributed by atoms with E-state index in [4.69, 9.17) is 18.5 Å². The molecule has 0 aromatic heterocycles. The van der Waals surface area contributed by atoms with Gasteiger partial charge in [-0.2, -0.15) is 0 Å². The number of nitrogens with zero attached hydrogens (tertiary/aromatic N) is 1. The minimum atomic E-state index is -4.61. The van der Waals surface area contributed by atoms with Crippen molar-refractivity contribution in [2.75, 3.05) is 47.5 Å². The van der Waals surface area contributed by atoms with Crippen LogP contribution in [-0.2, 0) is 32.7 Å². The molecule has 0 spiro atoms. The highest BCUT2D eigenvalue weighted by molar-refractivity contribution is 7.45. The number of likely N-dealkylation sites (N-methyl/N-ethyl adjacent to an activating group) is 1. The molecular weight excluding hydrogens is 629 g/mol. The van der Waals surface area contributed by atoms with E-state index in [0.29, 0.717) is 17.4 Å². The first kappa shape index (κ1) is 46.8. The molecule has 10 heteroatoms. The van der Waals surface area contributed by atoms with Gasteiger partial charge in [0.25, 0.3) is 7.82 Å². The Hall–Kier alpha value is -1.25. The van der Waals surface area contributed by atoms with Crippen LogP contribution in [0.1, 0.15) is 168 Å². The first-order valence-corrected chi connectivity index (χ1v) is 20.9. The third-order valence-electron chi connectivity index (χ3n) is 8.29. The molecule has 0 N–H and O–H groups in total. The zero-order valence-electron chi connectivity index (χ0n) is 31.7. The number of allylic oxidation sites excluding steroid dienone is 2. The standard InChI is InChI=1S/C38H74NO8P/c1-6-8-10-12-14-16-18-20-22-24-26-28-30-37(40)44-34-36(35-46-48(42,43)45-33-32-39(3,4)5)47-38(41)31-29-27-25-23-21-19-17-15-13-11-9-7-2/h14,16,36H,6-13,15,17-35H2,1-5H3/b16-14-/t36-/m1/s1. The van der Waals surface area contributed by atoms with Gasteiger partial charge in [-0.15, -0.1) is 0 Å². The largest absolute Gasteiger partial charge is 0.756 e. The van der Waals surface area contributed by atoms with Crippen molar-refractivity contribution in [3.63, 3.8) is 0 Å². The van der Waals surface area contributed by atoms with Gasteiger partial charge in [0.2, 0.25) is 0 Å². The summed E-state index contributed by atoms with van der Waals surface area (Å²) in [6, 6.07) is 0. The number of rotatable bonds is 35. The van der Waals surface area contributed by atoms with Crippen LogP contribution in [-0.4, -0.2) is 70.0 Å². The Balaban J connectivity index is 4.44. The average molecular weight is 704 g/mol. The molecule has 9 nitrogen and oxygen atoms in total. The van der Waals surface area contributed by atoms with Crippen molar-refractivity contribution >= 4 is 19.8 Å². The smallest absolute Gasteiger partial charge is 0.306 e. The summed E-state index contributed by atoms with van der Waals surface area (Å²) in [7, 11) is 1.17. The lowest BCUT2D eigenvalue weighted by Crippen LogP contribution is -2.37. The van der Waals surface area contributed by atoms with Crippen molar-refractivity contribution in [2.45, 2.75) is 174 Å². The Labute approximate surface area is 295 Å². The second-order valence-electron chi connectivity index (χ2n) is 14.3. The molecule has 0 amide bonds. The van der Waals surface area contributed by atoms with Crippen LogP contribution in [0.5, 0.6) is 0 Å². The van der Waals surface area contributed by atoms with Crippen molar-refractivity contribution in [3.05, 3.63) is 12.2 Å². The summed E-state index contributed by atoms with van der Waals surface area (Å²) in [6.45, 7) is 4.18. The molecule has 0 heterocycles. The summed E-state index contributed by atoms with van der Waals surface area (Å²) in [6.07, 6.45) is 29.5. The Kier molecular flexibility index (Phi) is 30.9. The van der Waals surface area contributed by atoms with Crippen LogP contribution in [0.3, 0.4) is 0 Å². The van der Waals surface area contributed by atoms with E-state index in [-0.39, 0.29) is 26.1 Å². The molecule has 0 aliphatic rings. The minimum Gasteiger partial charge on any atom is -0.756 e. The highest BCUT2D eigenvalue weighted by atomic mass is 31.2. The minimum absolute atomic E-state index is 0.0293. The van der Waals surface area contributed by atoms with Gasteiger partial charge in [-0.1, -0.05) is 129 Å². The monoisotopic (exact) mass is 704 g/mol. The van der Waals surface area contributed by atoms with E-state index >= 15 is 0 Å². The number of phosphoric ester groups is 1. The first-order chi connectivity index (χ1) is 23.0. The molecule has 0 bridgehead atoms. The lowest BCUT2D eigenvalue weighted by atomic mass is 10.0. The fourth-order valence-corrected chi connectivity index (χ4v) is 5.91. The molecular formula is C38H74NO8P. The quantitative estimate of drug-likeness (QED) is 0.0211. The molecule has 1 unspecified atom stereocenters. The van der Waals surface area contributed by atoms with Gasteiger partial charge in [0.15, 0.2) is 6.10 Å². The summed E-state index contributed by atoms with van der Waals surface area (Å²) >= 11 is 0. The van der Waals surface area contributed by atoms with E-state index in [1.807, 2.05) is 21.1 Å². The van der Waals surface area contributed by atoms with Crippen molar-refractivity contribution in [1.82, 2.24) is 0 Å². The maximum Gasteiger partial charge on any atom is 0.306 e. The summed E-state index contributed by atoms with van der Waals surface area (Å²) in [5, 5.41) is 0. The van der Waals surface area contributed by atoms with Crippen LogP contribution in [0.25, 0.3) is 0 Å². The Morgan fingerprint density at radius 3 is 1.58 bits per heavy atom. The molecule has 0 radical (unpaired) electrons. The summed E-state index contributed by atoms with van der Waals surface area (Å²) in [4.78, 5) is 37.3. The van der Waals surface area contributed by atoms with Crippen LogP contribution in [0.15, 0.2) is 12.2 Å². The molecule has 2 atom stereocenters. The van der Waals surface area contributed by atoms with Gasteiger partial charge in [0.1, 0.15) is 19.8 Å². The van der Waals surface area contributed by atoms with E-state index in [0.717, 1.165) is 51.4 Å². The molecule has 0 rings (SSSR count). The van der Waals surface area contributed by atoms with Crippen molar-refractivity contribution in [1.29, 1.82) is 0 Å². The fraction of sp³-hybridized carbons (Fsp3) is 0.895. The summed E-state index contributed by atoms with van der Waals surface area (Å²) < 4.78 is 33.7. The van der Waals surface area contributed by atoms with Crippen LogP contribution in [0, 0.1) is 0 Å². The predicted molar refractivity (Wildman–Crippen MR) is 195 cm³/mol. The predicted octanol–water partition coefficient (Wildman–Crippen LogP) is 9.61. The zero-order chi connectivity index (χ0) is 35.8. The lowest BCUT2D eigenvalue weighted by Gasteiger charge is -2.28. The van der Waals surface area contributed by atoms with Gasteiger partial charge in [-0.05, 0) is 38.5 Å². The Morgan fingerprint density at radius 1 is 0.625 bits per heavy atom. The number of hydrogen-bond donors (Lipinski definition) is 0. The van der Waals surface area contributed by atoms with E-state index in [9.17, 15) is 19.0 Å². The molecule has 0 aliphatic heterocycles. The number of hydrogen-bond acceptors (Lipinski definition) is 8. The lowest BCUT2D eigenvalue weighted by molar-refractivity contribution is -0.870. The van der Waals surface area contributed by atoms with Crippen LogP contribution < -0.4 is 4.89 Å². The van der Waals surface area contributed by atoms with Crippen molar-refractivity contribution < 1.29 is 42.1 Å². The first-order valence-electron chi connectivity index (χ1n) is 19.4. The van der Waals surface area contributed by atoms with Gasteiger partial charge in [0, 0.05) is 12.8 Å². The summed E-state index contributed by atoms with van der Waals surface area (Å²) in [5.41, 5.74) is 0. The van der Waals surface area contributed by atoms with Gasteiger partial charge >= 0.3 is 11.9 Å². The number of ether oxygens (including phenoxy) is 2. The molecule has 0 fully saturated rings. The van der Waals surface area contributed by atoms with Crippen molar-refractivity contribution in [2.24, 2.45) is 0 Å². The average Bonchev–Trinajstić information content (AvgIpc) is 3.02. The number of unbranched alkanes of at least 4 members (excludes halogenated alkanes) is 19. The maximum absolute atomic E-state index is 12.6. The topological polar surface area (TPSA) is 111 Å². The molecule has 0 aliphatic carbocycles. The maximum atomic E-state index is 12.6. The molecule has 48 heavy (non-hydrogen) atoms. The van der Waals surface area contributed by atoms with Crippen LogP contribution >= 0.6 is 7.82 Å². The molecule has 0 aromatic rings. The molecule has 0 aromatic carbocycles. The summed E-state index contributed by atoms with van der Waals surface area (Å²) in [5.74, 6) is -0.842. The van der Waals surface area contributed by atoms with Crippen molar-refractivity contribution in [3.8, 4) is 0 Å². The Morgan fingerprint density at radius 2 is 1.06 bits per heavy atom. The second-order valence-corrected chi connectivity index (χ2v) is 15.7. The van der Waals surface area contributed by atoms with Gasteiger partial charge in [-0.25, -0.2) is 0 Å². The molecule has 0 saturated carbocycles. The third-order valence-corrected chi connectivity index (χ3v) is 9.25. The van der Waals surface area contributed by atoms with E-state index in [1.54, 1.807) is 0 Å². The fourth-order valence-electron chi connectivity index (χ4n) is 5.18. The number of carbonyl (C=O) groups is 2. The number of quaternary nitrogens is 1. The normalized spacial score (nSPS) is 13.9. The third kappa shape index (κ3) is 34.6. The van der Waals surface area contributed by atoms with E-state index < -0.39 is 32.5 Å². The Bertz CT molecular complexity index is 845. The second kappa shape index (κ2) is 31.7. The van der Waals surface area contributed by atoms with E-state index in [1.165, 1.54) is 83.5 Å². The highest BCUT2D eigenvalue weighted by Gasteiger charge is 2.21. The number of phosphoric acid groups is 1. The van der Waals surface area contributed by atoms with E-state index in [2.05, 4.69) is 26.0 Å². The zero-order valence-corrected chi connectivity index (χ0v) is 32.6. The number of esters is 2. The SMILES string of the molecule is CCCCC/C=C\CCCCCCCC(=O)OC[C@H](COP(=O)([O-])OCC[N+](C)(C)C)OC(=O)CCCCCCCCCCCCCC. The molecule has 0 saturated heterocycles. The molecule has 284 valence electrons.